The van der Waals surface area contributed by atoms with E-state index >= 15 is 0 Å². The Hall–Kier alpha value is -3.20. The van der Waals surface area contributed by atoms with Gasteiger partial charge in [0.25, 0.3) is 12.4 Å². The summed E-state index contributed by atoms with van der Waals surface area (Å²) in [7, 11) is -3.54. The summed E-state index contributed by atoms with van der Waals surface area (Å²) in [4.78, 5) is 24.2. The van der Waals surface area contributed by atoms with E-state index in [4.69, 9.17) is 21.4 Å². The lowest BCUT2D eigenvalue weighted by atomic mass is 9.92. The van der Waals surface area contributed by atoms with E-state index in [1.54, 1.807) is 13.0 Å². The van der Waals surface area contributed by atoms with Crippen LogP contribution in [0.1, 0.15) is 27.0 Å². The van der Waals surface area contributed by atoms with Crippen LogP contribution < -0.4 is 11.5 Å². The van der Waals surface area contributed by atoms with E-state index in [0.29, 0.717) is 11.1 Å². The zero-order chi connectivity index (χ0) is 20.4. The quantitative estimate of drug-likeness (QED) is 0.378. The summed E-state index contributed by atoms with van der Waals surface area (Å²) in [5.41, 5.74) is 14.6. The number of aryl methyl sites for hydroxylation is 2. The number of carbonyl (C=O) groups is 2. The van der Waals surface area contributed by atoms with Gasteiger partial charge >= 0.3 is 0 Å². The highest BCUT2D eigenvalue weighted by atomic mass is 32.2. The minimum atomic E-state index is -3.54. The first-order valence-corrected chi connectivity index (χ1v) is 9.45. The van der Waals surface area contributed by atoms with Crippen molar-refractivity contribution in [2.75, 3.05) is 0 Å². The summed E-state index contributed by atoms with van der Waals surface area (Å²) >= 11 is 0. The van der Waals surface area contributed by atoms with E-state index in [2.05, 4.69) is 4.99 Å². The van der Waals surface area contributed by atoms with Crippen molar-refractivity contribution < 1.29 is 23.1 Å². The van der Waals surface area contributed by atoms with Crippen LogP contribution in [0.15, 0.2) is 40.2 Å². The number of hydrogen-bond donors (Lipinski definition) is 3. The van der Waals surface area contributed by atoms with Crippen LogP contribution in [-0.4, -0.2) is 31.9 Å². The van der Waals surface area contributed by atoms with Crippen molar-refractivity contribution in [3.63, 3.8) is 0 Å². The number of fused-ring (bicyclic) bond motifs is 3. The smallest absolute Gasteiger partial charge is 0.290 e. The monoisotopic (exact) mass is 389 g/mol. The maximum absolute atomic E-state index is 12.7. The number of hydrogen-bond acceptors (Lipinski definition) is 4. The van der Waals surface area contributed by atoms with Crippen LogP contribution in [0.4, 0.5) is 0 Å². The van der Waals surface area contributed by atoms with E-state index in [-0.39, 0.29) is 28.6 Å². The fourth-order valence-electron chi connectivity index (χ4n) is 3.07. The predicted molar refractivity (Wildman–Crippen MR) is 101 cm³/mol. The molecule has 142 valence electrons. The van der Waals surface area contributed by atoms with Crippen LogP contribution >= 0.6 is 0 Å². The highest BCUT2D eigenvalue weighted by molar-refractivity contribution is 7.90. The Morgan fingerprint density at radius 3 is 2.41 bits per heavy atom. The molecule has 1 aliphatic rings. The van der Waals surface area contributed by atoms with Gasteiger partial charge in [0.15, 0.2) is 15.8 Å². The Bertz CT molecular complexity index is 1050. The lowest BCUT2D eigenvalue weighted by Gasteiger charge is -2.23. The fraction of sp³-hybridized carbons (Fsp3) is 0.167. The molecule has 8 nitrogen and oxygen atoms in total. The van der Waals surface area contributed by atoms with E-state index in [0.717, 1.165) is 16.7 Å². The molecule has 0 aromatic heterocycles. The van der Waals surface area contributed by atoms with Gasteiger partial charge in [-0.25, -0.2) is 8.42 Å². The number of amides is 1. The van der Waals surface area contributed by atoms with Gasteiger partial charge in [-0.05, 0) is 48.2 Å². The molecular formula is C18H19N3O5S. The minimum absolute atomic E-state index is 0.0873. The van der Waals surface area contributed by atoms with Crippen molar-refractivity contribution in [1.29, 1.82) is 0 Å². The number of rotatable bonds is 1. The Kier molecular flexibility index (Phi) is 5.65. The molecule has 0 spiro atoms. The topological polar surface area (TPSA) is 153 Å². The number of aliphatic imine (C=N–C) groups is 1. The van der Waals surface area contributed by atoms with E-state index in [1.807, 2.05) is 25.1 Å². The lowest BCUT2D eigenvalue weighted by molar-refractivity contribution is -0.122. The highest BCUT2D eigenvalue weighted by Crippen LogP contribution is 2.41. The molecule has 0 bridgehead atoms. The highest BCUT2D eigenvalue weighted by Gasteiger charge is 2.30. The third kappa shape index (κ3) is 3.98. The van der Waals surface area contributed by atoms with E-state index in [1.165, 1.54) is 6.07 Å². The first-order valence-electron chi connectivity index (χ1n) is 7.80. The van der Waals surface area contributed by atoms with Gasteiger partial charge < -0.3 is 16.6 Å². The molecule has 1 aliphatic heterocycles. The summed E-state index contributed by atoms with van der Waals surface area (Å²) in [5.74, 6) is -1.10. The molecule has 27 heavy (non-hydrogen) atoms. The molecule has 0 saturated carbocycles. The predicted octanol–water partition coefficient (Wildman–Crippen LogP) is 1.37. The maximum atomic E-state index is 12.7. The number of carboxylic acid groups (broad SMARTS) is 1. The van der Waals surface area contributed by atoms with Crippen LogP contribution in [0.5, 0.6) is 0 Å². The van der Waals surface area contributed by atoms with Gasteiger partial charge in [-0.15, -0.1) is 0 Å². The van der Waals surface area contributed by atoms with Gasteiger partial charge in [-0.2, -0.15) is 4.99 Å². The Labute approximate surface area is 156 Å². The third-order valence-corrected chi connectivity index (χ3v) is 5.80. The van der Waals surface area contributed by atoms with E-state index in [9.17, 15) is 13.2 Å². The number of sulfone groups is 1. The molecule has 9 heteroatoms. The first kappa shape index (κ1) is 20.1. The summed E-state index contributed by atoms with van der Waals surface area (Å²) in [6, 6.07) is 8.70. The van der Waals surface area contributed by atoms with Gasteiger partial charge in [-0.3, -0.25) is 9.59 Å². The molecule has 3 rings (SSSR count). The summed E-state index contributed by atoms with van der Waals surface area (Å²) in [6.07, 6.45) is 0. The summed E-state index contributed by atoms with van der Waals surface area (Å²) < 4.78 is 25.3. The Morgan fingerprint density at radius 1 is 1.19 bits per heavy atom. The second-order valence-corrected chi connectivity index (χ2v) is 7.94. The summed E-state index contributed by atoms with van der Waals surface area (Å²) in [6.45, 7) is 3.42. The molecule has 0 unspecified atom stereocenters. The summed E-state index contributed by atoms with van der Waals surface area (Å²) in [5, 5.41) is 6.89. The van der Waals surface area contributed by atoms with Gasteiger partial charge in [0, 0.05) is 11.1 Å². The second-order valence-electron chi connectivity index (χ2n) is 5.98. The van der Waals surface area contributed by atoms with Crippen LogP contribution in [0.25, 0.3) is 11.1 Å². The zero-order valence-corrected chi connectivity index (χ0v) is 15.6. The largest absolute Gasteiger partial charge is 0.483 e. The number of nitrogens with two attached hydrogens (primary N) is 2. The molecule has 1 heterocycles. The van der Waals surface area contributed by atoms with Crippen molar-refractivity contribution in [2.24, 2.45) is 16.5 Å². The molecule has 0 aliphatic carbocycles. The number of nitrogens with zero attached hydrogens (tertiary/aromatic N) is 1. The molecule has 1 amide bonds. The van der Waals surface area contributed by atoms with Gasteiger partial charge in [0.2, 0.25) is 0 Å². The Balaban J connectivity index is 0.000000817. The van der Waals surface area contributed by atoms with E-state index < -0.39 is 15.7 Å². The van der Waals surface area contributed by atoms with Crippen molar-refractivity contribution in [3.8, 4) is 11.1 Å². The normalized spacial score (nSPS) is 13.3. The standard InChI is InChI=1S/C17H17N3O3S.CH2O2/c1-9-4-3-5-11-8-24(22,23)14-7-12(16(21)20-17(18)19)10(2)6-13(14)15(9)11;2-1-3/h3-7H,8H2,1-2H3,(H4,18,19,20,21);1H,(H,2,3). The van der Waals surface area contributed by atoms with Crippen molar-refractivity contribution in [3.05, 3.63) is 52.6 Å². The van der Waals surface area contributed by atoms with Crippen molar-refractivity contribution >= 4 is 28.2 Å². The minimum Gasteiger partial charge on any atom is -0.483 e. The van der Waals surface area contributed by atoms with Crippen LogP contribution in [0.3, 0.4) is 0 Å². The van der Waals surface area contributed by atoms with Crippen LogP contribution in [-0.2, 0) is 20.4 Å². The molecule has 2 aromatic carbocycles. The molecule has 2 aromatic rings. The molecule has 0 radical (unpaired) electrons. The number of carbonyl (C=O) groups excluding carboxylic acids is 1. The van der Waals surface area contributed by atoms with Crippen molar-refractivity contribution in [2.45, 2.75) is 24.5 Å². The Morgan fingerprint density at radius 2 is 1.81 bits per heavy atom. The average Bonchev–Trinajstić information content (AvgIpc) is 2.53. The lowest BCUT2D eigenvalue weighted by Crippen LogP contribution is -2.24. The third-order valence-electron chi connectivity index (χ3n) is 4.10. The molecule has 0 fully saturated rings. The maximum Gasteiger partial charge on any atom is 0.290 e. The number of benzene rings is 2. The molecule has 0 atom stereocenters. The fourth-order valence-corrected chi connectivity index (χ4v) is 4.66. The molecular weight excluding hydrogens is 370 g/mol. The zero-order valence-electron chi connectivity index (χ0n) is 14.8. The van der Waals surface area contributed by atoms with Gasteiger partial charge in [-0.1, -0.05) is 18.2 Å². The molecule has 0 saturated heterocycles. The average molecular weight is 389 g/mol. The van der Waals surface area contributed by atoms with Crippen LogP contribution in [0.2, 0.25) is 0 Å². The van der Waals surface area contributed by atoms with Crippen molar-refractivity contribution in [1.82, 2.24) is 0 Å². The number of guanidine groups is 1. The first-order chi connectivity index (χ1) is 12.6. The van der Waals surface area contributed by atoms with Gasteiger partial charge in [0.1, 0.15) is 0 Å². The van der Waals surface area contributed by atoms with Crippen LogP contribution in [0, 0.1) is 13.8 Å². The SMILES string of the molecule is Cc1cc2c(cc1C(=O)N=C(N)N)S(=O)(=O)Cc1cccc(C)c1-2.O=CO. The second kappa shape index (κ2) is 7.58. The molecule has 5 N–H and O–H groups in total. The van der Waals surface area contributed by atoms with Gasteiger partial charge in [0.05, 0.1) is 10.6 Å².